The van der Waals surface area contributed by atoms with E-state index in [1.54, 1.807) is 21.8 Å². The Hall–Kier alpha value is -2.94. The van der Waals surface area contributed by atoms with Crippen molar-refractivity contribution in [3.05, 3.63) is 77.3 Å². The van der Waals surface area contributed by atoms with Gasteiger partial charge in [-0.15, -0.1) is 11.3 Å². The van der Waals surface area contributed by atoms with Crippen molar-refractivity contribution in [1.82, 2.24) is 9.29 Å². The maximum absolute atomic E-state index is 12.9. The van der Waals surface area contributed by atoms with Crippen molar-refractivity contribution in [2.24, 2.45) is 5.73 Å². The highest BCUT2D eigenvalue weighted by atomic mass is 32.2. The number of thiophene rings is 1. The Labute approximate surface area is 197 Å². The van der Waals surface area contributed by atoms with E-state index >= 15 is 0 Å². The third-order valence-electron chi connectivity index (χ3n) is 6.36. The van der Waals surface area contributed by atoms with Crippen molar-refractivity contribution in [2.75, 3.05) is 13.1 Å². The first kappa shape index (κ1) is 21.9. The summed E-state index contributed by atoms with van der Waals surface area (Å²) in [5.74, 6) is -0.134. The summed E-state index contributed by atoms with van der Waals surface area (Å²) < 4.78 is 27.8. The summed E-state index contributed by atoms with van der Waals surface area (Å²) in [4.78, 5) is 15.1. The lowest BCUT2D eigenvalue weighted by molar-refractivity contribution is -0.117. The summed E-state index contributed by atoms with van der Waals surface area (Å²) in [6.07, 6.45) is 3.67. The number of rotatable bonds is 6. The van der Waals surface area contributed by atoms with Crippen LogP contribution in [0, 0.1) is 0 Å². The van der Waals surface area contributed by atoms with Gasteiger partial charge in [-0.2, -0.15) is 4.31 Å². The molecule has 1 saturated heterocycles. The zero-order valence-corrected chi connectivity index (χ0v) is 19.7. The molecular formula is C25H25N3O3S2. The van der Waals surface area contributed by atoms with Crippen LogP contribution < -0.4 is 5.73 Å². The van der Waals surface area contributed by atoms with Crippen LogP contribution in [0.1, 0.15) is 29.9 Å². The van der Waals surface area contributed by atoms with E-state index in [9.17, 15) is 13.2 Å². The molecule has 1 fully saturated rings. The van der Waals surface area contributed by atoms with Crippen molar-refractivity contribution >= 4 is 38.2 Å². The molecule has 1 amide bonds. The summed E-state index contributed by atoms with van der Waals surface area (Å²) in [7, 11) is -3.42. The van der Waals surface area contributed by atoms with Gasteiger partial charge in [0.1, 0.15) is 4.21 Å². The number of H-pyrrole nitrogens is 1. The number of nitrogens with zero attached hydrogens (tertiary/aromatic N) is 1. The highest BCUT2D eigenvalue weighted by Crippen LogP contribution is 2.38. The van der Waals surface area contributed by atoms with Gasteiger partial charge in [-0.1, -0.05) is 36.4 Å². The second-order valence-corrected chi connectivity index (χ2v) is 11.5. The maximum Gasteiger partial charge on any atom is 0.252 e. The van der Waals surface area contributed by atoms with E-state index < -0.39 is 10.0 Å². The Kier molecular flexibility index (Phi) is 5.82. The molecule has 0 radical (unpaired) electrons. The fourth-order valence-corrected chi connectivity index (χ4v) is 7.35. The Balaban J connectivity index is 1.47. The molecule has 170 valence electrons. The van der Waals surface area contributed by atoms with E-state index in [-0.39, 0.29) is 18.2 Å². The van der Waals surface area contributed by atoms with Crippen LogP contribution in [-0.4, -0.2) is 36.7 Å². The van der Waals surface area contributed by atoms with Crippen LogP contribution in [0.4, 0.5) is 0 Å². The van der Waals surface area contributed by atoms with Crippen LogP contribution in [0.25, 0.3) is 22.0 Å². The van der Waals surface area contributed by atoms with Crippen LogP contribution in [0.5, 0.6) is 0 Å². The molecule has 1 aliphatic rings. The first-order chi connectivity index (χ1) is 15.9. The molecule has 0 atom stereocenters. The molecule has 2 aromatic heterocycles. The highest BCUT2D eigenvalue weighted by Gasteiger charge is 2.31. The Morgan fingerprint density at radius 2 is 1.82 bits per heavy atom. The molecule has 3 N–H and O–H groups in total. The van der Waals surface area contributed by atoms with E-state index in [0.29, 0.717) is 17.3 Å². The largest absolute Gasteiger partial charge is 0.369 e. The quantitative estimate of drug-likeness (QED) is 0.426. The maximum atomic E-state index is 12.9. The lowest BCUT2D eigenvalue weighted by atomic mass is 9.88. The Morgan fingerprint density at radius 3 is 2.48 bits per heavy atom. The van der Waals surface area contributed by atoms with Crippen molar-refractivity contribution < 1.29 is 13.2 Å². The second-order valence-electron chi connectivity index (χ2n) is 8.42. The SMILES string of the molecule is NC(=O)Cc1cc(-c2ccccc2)cc2c(C3CCN(S(=O)(=O)c4cccs4)CC3)c[nH]c12. The molecule has 0 unspecified atom stereocenters. The molecule has 1 aliphatic heterocycles. The smallest absolute Gasteiger partial charge is 0.252 e. The van der Waals surface area contributed by atoms with Gasteiger partial charge in [0, 0.05) is 30.2 Å². The van der Waals surface area contributed by atoms with Crippen LogP contribution in [-0.2, 0) is 21.2 Å². The highest BCUT2D eigenvalue weighted by molar-refractivity contribution is 7.91. The number of hydrogen-bond acceptors (Lipinski definition) is 4. The Morgan fingerprint density at radius 1 is 1.06 bits per heavy atom. The molecule has 33 heavy (non-hydrogen) atoms. The van der Waals surface area contributed by atoms with Gasteiger partial charge in [-0.05, 0) is 64.6 Å². The van der Waals surface area contributed by atoms with Gasteiger partial charge in [0.2, 0.25) is 5.91 Å². The van der Waals surface area contributed by atoms with Gasteiger partial charge in [0.15, 0.2) is 0 Å². The van der Waals surface area contributed by atoms with Crippen LogP contribution >= 0.6 is 11.3 Å². The third-order valence-corrected chi connectivity index (χ3v) is 9.63. The number of aromatic nitrogens is 1. The number of carbonyl (C=O) groups is 1. The van der Waals surface area contributed by atoms with Crippen LogP contribution in [0.15, 0.2) is 70.4 Å². The number of nitrogens with two attached hydrogens (primary N) is 1. The van der Waals surface area contributed by atoms with E-state index in [1.165, 1.54) is 16.9 Å². The number of piperidine rings is 1. The molecule has 0 spiro atoms. The van der Waals surface area contributed by atoms with Gasteiger partial charge >= 0.3 is 0 Å². The van der Waals surface area contributed by atoms with Gasteiger partial charge < -0.3 is 10.7 Å². The first-order valence-corrected chi connectivity index (χ1v) is 13.3. The van der Waals surface area contributed by atoms with Gasteiger partial charge in [-0.25, -0.2) is 8.42 Å². The minimum Gasteiger partial charge on any atom is -0.369 e. The van der Waals surface area contributed by atoms with Gasteiger partial charge in [-0.3, -0.25) is 4.79 Å². The molecule has 0 aliphatic carbocycles. The number of nitrogens with one attached hydrogen (secondary N) is 1. The minimum absolute atomic E-state index is 0.161. The lowest BCUT2D eigenvalue weighted by Gasteiger charge is -2.30. The fraction of sp³-hybridized carbons (Fsp3) is 0.240. The zero-order valence-electron chi connectivity index (χ0n) is 18.0. The predicted molar refractivity (Wildman–Crippen MR) is 132 cm³/mol. The van der Waals surface area contributed by atoms with E-state index in [0.717, 1.165) is 40.4 Å². The standard InChI is InChI=1S/C25H25N3O3S2/c26-23(29)15-20-13-19(17-5-2-1-3-6-17)14-21-22(16-27-25(20)21)18-8-10-28(11-9-18)33(30,31)24-7-4-12-32-24/h1-7,12-14,16,18,27H,8-11,15H2,(H2,26,29). The summed E-state index contributed by atoms with van der Waals surface area (Å²) in [6.45, 7) is 0.980. The monoisotopic (exact) mass is 479 g/mol. The average molecular weight is 480 g/mol. The topological polar surface area (TPSA) is 96.3 Å². The summed E-state index contributed by atoms with van der Waals surface area (Å²) in [6, 6.07) is 17.7. The number of fused-ring (bicyclic) bond motifs is 1. The molecule has 4 aromatic rings. The molecule has 6 nitrogen and oxygen atoms in total. The number of carbonyl (C=O) groups excluding carboxylic acids is 1. The molecule has 2 aromatic carbocycles. The first-order valence-electron chi connectivity index (χ1n) is 10.9. The summed E-state index contributed by atoms with van der Waals surface area (Å²) in [5.41, 5.74) is 10.6. The molecule has 8 heteroatoms. The Bertz CT molecular complexity index is 1390. The number of sulfonamides is 1. The van der Waals surface area contributed by atoms with E-state index in [2.05, 4.69) is 23.2 Å². The van der Waals surface area contributed by atoms with E-state index in [1.807, 2.05) is 30.5 Å². The molecule has 5 rings (SSSR count). The van der Waals surface area contributed by atoms with E-state index in [4.69, 9.17) is 5.73 Å². The normalized spacial score (nSPS) is 15.8. The number of aromatic amines is 1. The average Bonchev–Trinajstić information content (AvgIpc) is 3.50. The molecule has 0 saturated carbocycles. The van der Waals surface area contributed by atoms with Gasteiger partial charge in [0.25, 0.3) is 10.0 Å². The third kappa shape index (κ3) is 4.21. The molecular weight excluding hydrogens is 454 g/mol. The lowest BCUT2D eigenvalue weighted by Crippen LogP contribution is -2.37. The number of hydrogen-bond donors (Lipinski definition) is 2. The fourth-order valence-electron chi connectivity index (χ4n) is 4.73. The van der Waals surface area contributed by atoms with Crippen LogP contribution in [0.3, 0.4) is 0 Å². The van der Waals surface area contributed by atoms with Crippen molar-refractivity contribution in [3.8, 4) is 11.1 Å². The predicted octanol–water partition coefficient (Wildman–Crippen LogP) is 4.49. The minimum atomic E-state index is -3.42. The van der Waals surface area contributed by atoms with Crippen molar-refractivity contribution in [2.45, 2.75) is 29.4 Å². The second kappa shape index (κ2) is 8.78. The van der Waals surface area contributed by atoms with Gasteiger partial charge in [0.05, 0.1) is 6.42 Å². The number of primary amides is 1. The van der Waals surface area contributed by atoms with Crippen molar-refractivity contribution in [3.63, 3.8) is 0 Å². The van der Waals surface area contributed by atoms with Crippen LogP contribution in [0.2, 0.25) is 0 Å². The number of amides is 1. The summed E-state index contributed by atoms with van der Waals surface area (Å²) in [5, 5.41) is 2.87. The summed E-state index contributed by atoms with van der Waals surface area (Å²) >= 11 is 1.26. The van der Waals surface area contributed by atoms with Crippen molar-refractivity contribution in [1.29, 1.82) is 0 Å². The molecule has 0 bridgehead atoms. The number of benzene rings is 2. The molecule has 3 heterocycles. The zero-order chi connectivity index (χ0) is 23.0.